The van der Waals surface area contributed by atoms with Crippen molar-refractivity contribution in [3.05, 3.63) is 29.7 Å². The summed E-state index contributed by atoms with van der Waals surface area (Å²) in [6, 6.07) is 0. The number of hydrogen-bond acceptors (Lipinski definition) is 6. The number of aromatic nitrogens is 1. The fourth-order valence-electron chi connectivity index (χ4n) is 3.93. The Morgan fingerprint density at radius 3 is 2.73 bits per heavy atom. The molecule has 3 rings (SSSR count). The van der Waals surface area contributed by atoms with Crippen molar-refractivity contribution in [2.45, 2.75) is 52.1 Å². The fraction of sp³-hybridized carbons (Fsp3) is 0.619. The molecule has 6 nitrogen and oxygen atoms in total. The molecule has 2 heterocycles. The van der Waals surface area contributed by atoms with Gasteiger partial charge in [-0.2, -0.15) is 13.2 Å². The van der Waals surface area contributed by atoms with Gasteiger partial charge in [0.15, 0.2) is 12.0 Å². The van der Waals surface area contributed by atoms with Crippen LogP contribution in [0.15, 0.2) is 24.2 Å². The van der Waals surface area contributed by atoms with Gasteiger partial charge in [-0.15, -0.1) is 0 Å². The minimum atomic E-state index is -4.20. The average molecular weight is 429 g/mol. The number of rotatable bonds is 7. The Kier molecular flexibility index (Phi) is 8.95. The second kappa shape index (κ2) is 11.2. The minimum Gasteiger partial charge on any atom is -0.505 e. The molecule has 2 aliphatic rings. The number of alkyl halides is 3. The van der Waals surface area contributed by atoms with Gasteiger partial charge in [0.2, 0.25) is 0 Å². The largest absolute Gasteiger partial charge is 0.505 e. The van der Waals surface area contributed by atoms with Crippen LogP contribution in [-0.4, -0.2) is 47.3 Å². The third-order valence-electron chi connectivity index (χ3n) is 5.31. The number of halogens is 3. The first-order valence-electron chi connectivity index (χ1n) is 10.4. The predicted molar refractivity (Wildman–Crippen MR) is 107 cm³/mol. The van der Waals surface area contributed by atoms with E-state index < -0.39 is 12.6 Å². The fourth-order valence-corrected chi connectivity index (χ4v) is 3.93. The molecule has 0 radical (unpaired) electrons. The maximum Gasteiger partial charge on any atom is 0.390 e. The number of aldehydes is 1. The van der Waals surface area contributed by atoms with Gasteiger partial charge in [0.05, 0.1) is 25.4 Å². The van der Waals surface area contributed by atoms with Crippen molar-refractivity contribution in [3.8, 4) is 11.5 Å². The zero-order valence-electron chi connectivity index (χ0n) is 17.4. The van der Waals surface area contributed by atoms with E-state index >= 15 is 0 Å². The van der Waals surface area contributed by atoms with Crippen molar-refractivity contribution in [2.75, 3.05) is 19.7 Å². The normalized spacial score (nSPS) is 21.5. The van der Waals surface area contributed by atoms with Crippen LogP contribution >= 0.6 is 0 Å². The van der Waals surface area contributed by atoms with Crippen molar-refractivity contribution < 1.29 is 27.8 Å². The Hall–Kier alpha value is -2.29. The molecule has 1 aromatic heterocycles. The van der Waals surface area contributed by atoms with E-state index in [0.29, 0.717) is 19.4 Å². The number of nitrogens with zero attached hydrogens (tertiary/aromatic N) is 2. The number of hydrazine groups is 1. The first-order valence-corrected chi connectivity index (χ1v) is 10.4. The van der Waals surface area contributed by atoms with E-state index in [-0.39, 0.29) is 35.4 Å². The van der Waals surface area contributed by atoms with E-state index in [9.17, 15) is 23.1 Å². The van der Waals surface area contributed by atoms with Crippen molar-refractivity contribution in [1.29, 1.82) is 0 Å². The van der Waals surface area contributed by atoms with E-state index in [0.717, 1.165) is 31.4 Å². The summed E-state index contributed by atoms with van der Waals surface area (Å²) in [5, 5.41) is 11.3. The predicted octanol–water partition coefficient (Wildman–Crippen LogP) is 4.47. The molecule has 1 aliphatic heterocycles. The SMILES string of the molecule is CC.O=Cc1c(O)cncc1OCC1CCCCC1C1=CCNN1CCC(F)(F)F. The molecular formula is C21H30F3N3O3. The lowest BCUT2D eigenvalue weighted by Gasteiger charge is -2.36. The molecule has 2 N–H and O–H groups in total. The molecule has 168 valence electrons. The van der Waals surface area contributed by atoms with Crippen LogP contribution in [0.1, 0.15) is 56.3 Å². The molecule has 1 fully saturated rings. The number of aromatic hydroxyl groups is 1. The molecule has 1 aliphatic carbocycles. The highest BCUT2D eigenvalue weighted by Crippen LogP contribution is 2.38. The van der Waals surface area contributed by atoms with Gasteiger partial charge in [0, 0.05) is 30.6 Å². The molecule has 1 aromatic rings. The second-order valence-electron chi connectivity index (χ2n) is 7.16. The standard InChI is InChI=1S/C19H24F3N3O3.C2H6/c20-19(21,22)6-8-25-16(5-7-24-25)14-4-2-1-3-13(14)12-28-18-10-23-9-17(27)15(18)11-26;1-2/h5,9-11,13-14,24,27H,1-4,6-8,12H2;1-2H3. The summed E-state index contributed by atoms with van der Waals surface area (Å²) in [6.45, 7) is 4.70. The molecule has 1 saturated carbocycles. The molecule has 0 aromatic carbocycles. The number of nitrogens with one attached hydrogen (secondary N) is 1. The number of carbonyl (C=O) groups excluding carboxylic acids is 1. The summed E-state index contributed by atoms with van der Waals surface area (Å²) < 4.78 is 43.6. The lowest BCUT2D eigenvalue weighted by molar-refractivity contribution is -0.138. The lowest BCUT2D eigenvalue weighted by atomic mass is 9.77. The van der Waals surface area contributed by atoms with E-state index in [2.05, 4.69) is 10.4 Å². The van der Waals surface area contributed by atoms with E-state index in [4.69, 9.17) is 4.74 Å². The molecule has 0 spiro atoms. The summed E-state index contributed by atoms with van der Waals surface area (Å²) >= 11 is 0. The van der Waals surface area contributed by atoms with E-state index in [1.54, 1.807) is 5.01 Å². The summed E-state index contributed by atoms with van der Waals surface area (Å²) in [5.74, 6) is 0.164. The van der Waals surface area contributed by atoms with Crippen LogP contribution in [0, 0.1) is 11.8 Å². The zero-order valence-corrected chi connectivity index (χ0v) is 17.4. The number of hydrogen-bond donors (Lipinski definition) is 2. The Labute approximate surface area is 175 Å². The molecular weight excluding hydrogens is 399 g/mol. The van der Waals surface area contributed by atoms with Crippen LogP contribution < -0.4 is 10.2 Å². The topological polar surface area (TPSA) is 74.7 Å². The number of allylic oxidation sites excluding steroid dienone is 1. The van der Waals surface area contributed by atoms with Gasteiger partial charge in [-0.3, -0.25) is 9.78 Å². The Balaban J connectivity index is 0.00000155. The van der Waals surface area contributed by atoms with Crippen molar-refractivity contribution >= 4 is 6.29 Å². The molecule has 0 saturated heterocycles. The minimum absolute atomic E-state index is 0.0518. The van der Waals surface area contributed by atoms with Gasteiger partial charge in [-0.05, 0) is 18.9 Å². The maximum absolute atomic E-state index is 12.6. The van der Waals surface area contributed by atoms with Crippen LogP contribution in [-0.2, 0) is 0 Å². The van der Waals surface area contributed by atoms with Gasteiger partial charge >= 0.3 is 6.18 Å². The number of pyridine rings is 1. The van der Waals surface area contributed by atoms with E-state index in [1.807, 2.05) is 19.9 Å². The molecule has 0 bridgehead atoms. The van der Waals surface area contributed by atoms with Gasteiger partial charge in [0.1, 0.15) is 11.3 Å². The third-order valence-corrected chi connectivity index (χ3v) is 5.31. The van der Waals surface area contributed by atoms with Crippen molar-refractivity contribution in [1.82, 2.24) is 15.4 Å². The molecule has 0 amide bonds. The Morgan fingerprint density at radius 1 is 1.30 bits per heavy atom. The number of ether oxygens (including phenoxy) is 1. The zero-order chi connectivity index (χ0) is 22.1. The monoisotopic (exact) mass is 429 g/mol. The highest BCUT2D eigenvalue weighted by atomic mass is 19.4. The summed E-state index contributed by atoms with van der Waals surface area (Å²) in [4.78, 5) is 15.0. The van der Waals surface area contributed by atoms with Gasteiger partial charge in [0.25, 0.3) is 0 Å². The highest BCUT2D eigenvalue weighted by Gasteiger charge is 2.35. The molecule has 9 heteroatoms. The van der Waals surface area contributed by atoms with Crippen LogP contribution in [0.4, 0.5) is 13.2 Å². The quantitative estimate of drug-likeness (QED) is 0.623. The van der Waals surface area contributed by atoms with Gasteiger partial charge < -0.3 is 14.9 Å². The Bertz CT molecular complexity index is 725. The summed E-state index contributed by atoms with van der Waals surface area (Å²) in [6.07, 6.45) is 3.76. The molecule has 2 atom stereocenters. The molecule has 2 unspecified atom stereocenters. The Morgan fingerprint density at radius 2 is 2.03 bits per heavy atom. The third kappa shape index (κ3) is 6.35. The lowest BCUT2D eigenvalue weighted by Crippen LogP contribution is -2.39. The average Bonchev–Trinajstić information content (AvgIpc) is 3.20. The van der Waals surface area contributed by atoms with Crippen LogP contribution in [0.25, 0.3) is 0 Å². The second-order valence-corrected chi connectivity index (χ2v) is 7.16. The smallest absolute Gasteiger partial charge is 0.390 e. The molecule has 30 heavy (non-hydrogen) atoms. The van der Waals surface area contributed by atoms with Crippen LogP contribution in [0.2, 0.25) is 0 Å². The highest BCUT2D eigenvalue weighted by molar-refractivity contribution is 5.82. The van der Waals surface area contributed by atoms with E-state index in [1.165, 1.54) is 12.4 Å². The van der Waals surface area contributed by atoms with Gasteiger partial charge in [-0.1, -0.05) is 26.7 Å². The summed E-state index contributed by atoms with van der Waals surface area (Å²) in [7, 11) is 0. The first kappa shape index (κ1) is 24.0. The van der Waals surface area contributed by atoms with Crippen LogP contribution in [0.5, 0.6) is 11.5 Å². The van der Waals surface area contributed by atoms with Crippen molar-refractivity contribution in [2.24, 2.45) is 11.8 Å². The first-order chi connectivity index (χ1) is 14.4. The van der Waals surface area contributed by atoms with Gasteiger partial charge in [-0.25, -0.2) is 5.43 Å². The van der Waals surface area contributed by atoms with Crippen molar-refractivity contribution in [3.63, 3.8) is 0 Å². The summed E-state index contributed by atoms with van der Waals surface area (Å²) in [5.41, 5.74) is 3.95. The van der Waals surface area contributed by atoms with Crippen LogP contribution in [0.3, 0.4) is 0 Å². The number of carbonyl (C=O) groups is 1. The maximum atomic E-state index is 12.6.